The van der Waals surface area contributed by atoms with E-state index in [2.05, 4.69) is 10.9 Å². The standard InChI is InChI=1S/C9H11F3N2O/c10-3-4-13-14-6-15-9-2-1-7(11)5-8(9)12/h1-2,5,13-14H,3-4,6H2. The second-order valence-electron chi connectivity index (χ2n) is 2.66. The molecule has 3 nitrogen and oxygen atoms in total. The number of hydrogen-bond acceptors (Lipinski definition) is 3. The monoisotopic (exact) mass is 220 g/mol. The van der Waals surface area contributed by atoms with E-state index in [0.717, 1.165) is 12.1 Å². The molecule has 1 aromatic carbocycles. The Hall–Kier alpha value is -1.27. The lowest BCUT2D eigenvalue weighted by atomic mass is 10.3. The molecule has 0 aliphatic carbocycles. The molecule has 0 bridgehead atoms. The quantitative estimate of drug-likeness (QED) is 0.431. The second kappa shape index (κ2) is 6.26. The van der Waals surface area contributed by atoms with Crippen molar-refractivity contribution in [3.8, 4) is 5.75 Å². The van der Waals surface area contributed by atoms with Crippen LogP contribution in [0.5, 0.6) is 5.75 Å². The lowest BCUT2D eigenvalue weighted by molar-refractivity contribution is 0.245. The van der Waals surface area contributed by atoms with Crippen molar-refractivity contribution in [2.24, 2.45) is 0 Å². The number of nitrogens with one attached hydrogen (secondary N) is 2. The summed E-state index contributed by atoms with van der Waals surface area (Å²) in [6.07, 6.45) is 0. The second-order valence-corrected chi connectivity index (χ2v) is 2.66. The van der Waals surface area contributed by atoms with Crippen molar-refractivity contribution in [1.29, 1.82) is 0 Å². The Labute approximate surface area is 85.2 Å². The SMILES string of the molecule is FCCNNCOc1ccc(F)cc1F. The Morgan fingerprint density at radius 1 is 1.20 bits per heavy atom. The van der Waals surface area contributed by atoms with Gasteiger partial charge in [-0.3, -0.25) is 5.43 Å². The summed E-state index contributed by atoms with van der Waals surface area (Å²) in [5.74, 6) is -1.50. The summed E-state index contributed by atoms with van der Waals surface area (Å²) in [5, 5.41) is 0. The van der Waals surface area contributed by atoms with Crippen molar-refractivity contribution in [2.75, 3.05) is 20.0 Å². The molecule has 1 rings (SSSR count). The van der Waals surface area contributed by atoms with Crippen LogP contribution in [-0.2, 0) is 0 Å². The zero-order valence-corrected chi connectivity index (χ0v) is 7.90. The third-order valence-electron chi connectivity index (χ3n) is 1.54. The van der Waals surface area contributed by atoms with Crippen LogP contribution in [0.3, 0.4) is 0 Å². The Balaban J connectivity index is 2.31. The third kappa shape index (κ3) is 4.18. The van der Waals surface area contributed by atoms with Gasteiger partial charge in [-0.2, -0.15) is 0 Å². The molecule has 0 aliphatic rings. The van der Waals surface area contributed by atoms with Gasteiger partial charge in [0.2, 0.25) is 0 Å². The van der Waals surface area contributed by atoms with Gasteiger partial charge in [0.1, 0.15) is 12.5 Å². The van der Waals surface area contributed by atoms with Gasteiger partial charge in [0.25, 0.3) is 0 Å². The first-order chi connectivity index (χ1) is 7.24. The van der Waals surface area contributed by atoms with Crippen LogP contribution in [0.15, 0.2) is 18.2 Å². The van der Waals surface area contributed by atoms with Gasteiger partial charge in [0.15, 0.2) is 18.3 Å². The van der Waals surface area contributed by atoms with Crippen molar-refractivity contribution in [1.82, 2.24) is 10.9 Å². The van der Waals surface area contributed by atoms with E-state index in [1.54, 1.807) is 0 Å². The summed E-state index contributed by atoms with van der Waals surface area (Å²) in [7, 11) is 0. The molecule has 0 unspecified atom stereocenters. The fraction of sp³-hybridized carbons (Fsp3) is 0.333. The molecule has 0 radical (unpaired) electrons. The molecule has 2 N–H and O–H groups in total. The molecule has 0 heterocycles. The molecule has 1 aromatic rings. The first-order valence-electron chi connectivity index (χ1n) is 4.33. The predicted molar refractivity (Wildman–Crippen MR) is 49.0 cm³/mol. The minimum Gasteiger partial charge on any atom is -0.474 e. The van der Waals surface area contributed by atoms with Gasteiger partial charge < -0.3 is 4.74 Å². The van der Waals surface area contributed by atoms with Gasteiger partial charge in [0, 0.05) is 12.6 Å². The Morgan fingerprint density at radius 2 is 2.00 bits per heavy atom. The first kappa shape index (κ1) is 11.8. The van der Waals surface area contributed by atoms with Crippen LogP contribution in [0.25, 0.3) is 0 Å². The highest BCUT2D eigenvalue weighted by molar-refractivity contribution is 5.24. The minimum atomic E-state index is -0.776. The average molecular weight is 220 g/mol. The summed E-state index contributed by atoms with van der Waals surface area (Å²) >= 11 is 0. The number of ether oxygens (including phenoxy) is 1. The molecule has 0 saturated heterocycles. The highest BCUT2D eigenvalue weighted by Gasteiger charge is 2.03. The van der Waals surface area contributed by atoms with Crippen molar-refractivity contribution in [3.05, 3.63) is 29.8 Å². The summed E-state index contributed by atoms with van der Waals surface area (Å²) in [6.45, 7) is -0.421. The number of halogens is 3. The van der Waals surface area contributed by atoms with E-state index in [0.29, 0.717) is 0 Å². The van der Waals surface area contributed by atoms with Gasteiger partial charge >= 0.3 is 0 Å². The van der Waals surface area contributed by atoms with Gasteiger partial charge in [-0.15, -0.1) is 0 Å². The number of alkyl halides is 1. The van der Waals surface area contributed by atoms with Crippen LogP contribution in [0.1, 0.15) is 0 Å². The number of hydrogen-bond donors (Lipinski definition) is 2. The van der Waals surface area contributed by atoms with Gasteiger partial charge in [0.05, 0.1) is 0 Å². The number of benzene rings is 1. The lowest BCUT2D eigenvalue weighted by Crippen LogP contribution is -2.36. The maximum Gasteiger partial charge on any atom is 0.168 e. The average Bonchev–Trinajstić information content (AvgIpc) is 2.20. The zero-order chi connectivity index (χ0) is 11.1. The summed E-state index contributed by atoms with van der Waals surface area (Å²) < 4.78 is 41.9. The van der Waals surface area contributed by atoms with E-state index in [1.165, 1.54) is 6.07 Å². The fourth-order valence-corrected chi connectivity index (χ4v) is 0.893. The molecule has 0 amide bonds. The van der Waals surface area contributed by atoms with Crippen LogP contribution in [-0.4, -0.2) is 20.0 Å². The molecule has 0 aliphatic heterocycles. The molecule has 15 heavy (non-hydrogen) atoms. The molecule has 6 heteroatoms. The van der Waals surface area contributed by atoms with Gasteiger partial charge in [-0.25, -0.2) is 18.6 Å². The van der Waals surface area contributed by atoms with E-state index < -0.39 is 18.3 Å². The van der Waals surface area contributed by atoms with Crippen molar-refractivity contribution < 1.29 is 17.9 Å². The summed E-state index contributed by atoms with van der Waals surface area (Å²) in [5.41, 5.74) is 4.99. The van der Waals surface area contributed by atoms with Crippen LogP contribution < -0.4 is 15.6 Å². The van der Waals surface area contributed by atoms with Crippen LogP contribution in [0, 0.1) is 11.6 Å². The zero-order valence-electron chi connectivity index (χ0n) is 7.90. The molecule has 0 aromatic heterocycles. The third-order valence-corrected chi connectivity index (χ3v) is 1.54. The van der Waals surface area contributed by atoms with E-state index in [4.69, 9.17) is 4.74 Å². The van der Waals surface area contributed by atoms with Crippen LogP contribution >= 0.6 is 0 Å². The highest BCUT2D eigenvalue weighted by Crippen LogP contribution is 2.16. The van der Waals surface area contributed by atoms with E-state index in [-0.39, 0.29) is 19.0 Å². The highest BCUT2D eigenvalue weighted by atomic mass is 19.1. The maximum absolute atomic E-state index is 13.0. The van der Waals surface area contributed by atoms with E-state index in [9.17, 15) is 13.2 Å². The topological polar surface area (TPSA) is 33.3 Å². The maximum atomic E-state index is 13.0. The minimum absolute atomic E-state index is 0.0391. The molecule has 0 spiro atoms. The summed E-state index contributed by atoms with van der Waals surface area (Å²) in [4.78, 5) is 0. The van der Waals surface area contributed by atoms with Crippen molar-refractivity contribution in [3.63, 3.8) is 0 Å². The first-order valence-corrected chi connectivity index (χ1v) is 4.33. The molecule has 0 fully saturated rings. The van der Waals surface area contributed by atoms with E-state index >= 15 is 0 Å². The van der Waals surface area contributed by atoms with Crippen LogP contribution in [0.2, 0.25) is 0 Å². The predicted octanol–water partition coefficient (Wildman–Crippen LogP) is 1.36. The number of hydrazine groups is 1. The molecule has 84 valence electrons. The molecule has 0 saturated carbocycles. The van der Waals surface area contributed by atoms with E-state index in [1.807, 2.05) is 0 Å². The summed E-state index contributed by atoms with van der Waals surface area (Å²) in [6, 6.07) is 3.00. The normalized spacial score (nSPS) is 10.3. The smallest absolute Gasteiger partial charge is 0.168 e. The lowest BCUT2D eigenvalue weighted by Gasteiger charge is -2.08. The molecular formula is C9H11F3N2O. The Morgan fingerprint density at radius 3 is 2.67 bits per heavy atom. The molecule has 0 atom stereocenters. The van der Waals surface area contributed by atoms with Crippen molar-refractivity contribution in [2.45, 2.75) is 0 Å². The Kier molecular flexibility index (Phi) is 4.92. The largest absolute Gasteiger partial charge is 0.474 e. The van der Waals surface area contributed by atoms with Gasteiger partial charge in [-0.05, 0) is 12.1 Å². The molecular weight excluding hydrogens is 209 g/mol. The van der Waals surface area contributed by atoms with Crippen LogP contribution in [0.4, 0.5) is 13.2 Å². The fourth-order valence-electron chi connectivity index (χ4n) is 0.893. The Bertz CT molecular complexity index is 309. The number of rotatable bonds is 6. The van der Waals surface area contributed by atoms with Gasteiger partial charge in [-0.1, -0.05) is 0 Å². The van der Waals surface area contributed by atoms with Crippen molar-refractivity contribution >= 4 is 0 Å².